The van der Waals surface area contributed by atoms with Crippen molar-refractivity contribution in [2.24, 2.45) is 0 Å². The Morgan fingerprint density at radius 3 is 2.57 bits per heavy atom. The highest BCUT2D eigenvalue weighted by Gasteiger charge is 2.39. The Morgan fingerprint density at radius 1 is 1.29 bits per heavy atom. The second-order valence-electron chi connectivity index (χ2n) is 4.29. The Hall–Kier alpha value is -0.820. The van der Waals surface area contributed by atoms with Crippen LogP contribution in [0.5, 0.6) is 0 Å². The average molecular weight is 190 g/mol. The maximum Gasteiger partial charge on any atom is 0.0801 e. The predicted molar refractivity (Wildman–Crippen MR) is 58.3 cm³/mol. The number of fused-ring (bicyclic) bond motifs is 1. The SMILES string of the molecule is CCC1(CC)C[C@@H](O)c2ccccc21. The van der Waals surface area contributed by atoms with Crippen LogP contribution in [0.1, 0.15) is 50.3 Å². The minimum Gasteiger partial charge on any atom is -0.388 e. The van der Waals surface area contributed by atoms with Gasteiger partial charge in [-0.25, -0.2) is 0 Å². The highest BCUT2D eigenvalue weighted by Crippen LogP contribution is 2.48. The van der Waals surface area contributed by atoms with Crippen LogP contribution in [0.15, 0.2) is 24.3 Å². The molecule has 0 bridgehead atoms. The number of hydrogen-bond acceptors (Lipinski definition) is 1. The van der Waals surface area contributed by atoms with Gasteiger partial charge in [-0.2, -0.15) is 0 Å². The minimum atomic E-state index is -0.244. The number of benzene rings is 1. The van der Waals surface area contributed by atoms with E-state index in [9.17, 15) is 5.11 Å². The molecular weight excluding hydrogens is 172 g/mol. The molecule has 0 saturated carbocycles. The molecule has 0 saturated heterocycles. The number of aliphatic hydroxyl groups excluding tert-OH is 1. The third kappa shape index (κ3) is 1.19. The molecule has 2 rings (SSSR count). The largest absolute Gasteiger partial charge is 0.388 e. The standard InChI is InChI=1S/C13H18O/c1-3-13(4-2)9-12(14)10-7-5-6-8-11(10)13/h5-8,12,14H,3-4,9H2,1-2H3/t12-/m1/s1. The molecule has 0 radical (unpaired) electrons. The molecule has 1 nitrogen and oxygen atoms in total. The zero-order valence-electron chi connectivity index (χ0n) is 8.96. The maximum atomic E-state index is 9.98. The lowest BCUT2D eigenvalue weighted by Crippen LogP contribution is -2.20. The molecule has 1 aliphatic rings. The molecule has 0 fully saturated rings. The Labute approximate surface area is 85.8 Å². The van der Waals surface area contributed by atoms with Crippen LogP contribution < -0.4 is 0 Å². The van der Waals surface area contributed by atoms with Gasteiger partial charge in [0.1, 0.15) is 0 Å². The summed E-state index contributed by atoms with van der Waals surface area (Å²) in [5.41, 5.74) is 2.75. The molecule has 1 aliphatic carbocycles. The third-order valence-electron chi connectivity index (χ3n) is 3.83. The molecule has 1 atom stereocenters. The van der Waals surface area contributed by atoms with Gasteiger partial charge in [0, 0.05) is 0 Å². The van der Waals surface area contributed by atoms with E-state index in [0.717, 1.165) is 24.8 Å². The van der Waals surface area contributed by atoms with Crippen LogP contribution in [0.25, 0.3) is 0 Å². The smallest absolute Gasteiger partial charge is 0.0801 e. The van der Waals surface area contributed by atoms with Gasteiger partial charge in [-0.05, 0) is 35.8 Å². The zero-order valence-corrected chi connectivity index (χ0v) is 8.96. The van der Waals surface area contributed by atoms with Crippen molar-refractivity contribution in [3.05, 3.63) is 35.4 Å². The van der Waals surface area contributed by atoms with Crippen LogP contribution in [0, 0.1) is 0 Å². The van der Waals surface area contributed by atoms with Crippen molar-refractivity contribution in [3.63, 3.8) is 0 Å². The maximum absolute atomic E-state index is 9.98. The fourth-order valence-corrected chi connectivity index (χ4v) is 2.78. The van der Waals surface area contributed by atoms with Crippen molar-refractivity contribution in [2.45, 2.75) is 44.6 Å². The van der Waals surface area contributed by atoms with Crippen molar-refractivity contribution in [2.75, 3.05) is 0 Å². The molecule has 1 aromatic rings. The van der Waals surface area contributed by atoms with E-state index in [0.29, 0.717) is 0 Å². The molecule has 0 spiro atoms. The van der Waals surface area contributed by atoms with Gasteiger partial charge in [0.05, 0.1) is 6.10 Å². The van der Waals surface area contributed by atoms with Gasteiger partial charge in [-0.1, -0.05) is 38.1 Å². The summed E-state index contributed by atoms with van der Waals surface area (Å²) in [6, 6.07) is 8.34. The lowest BCUT2D eigenvalue weighted by Gasteiger charge is -2.27. The van der Waals surface area contributed by atoms with Crippen molar-refractivity contribution < 1.29 is 5.11 Å². The topological polar surface area (TPSA) is 20.2 Å². The van der Waals surface area contributed by atoms with E-state index < -0.39 is 0 Å². The first-order valence-corrected chi connectivity index (χ1v) is 5.51. The Bertz CT molecular complexity index is 326. The molecule has 0 amide bonds. The van der Waals surface area contributed by atoms with Gasteiger partial charge < -0.3 is 5.11 Å². The minimum absolute atomic E-state index is 0.232. The summed E-state index contributed by atoms with van der Waals surface area (Å²) < 4.78 is 0. The van der Waals surface area contributed by atoms with Crippen LogP contribution in [0.2, 0.25) is 0 Å². The first-order chi connectivity index (χ1) is 6.73. The summed E-state index contributed by atoms with van der Waals surface area (Å²) in [6.07, 6.45) is 2.90. The number of rotatable bonds is 2. The summed E-state index contributed by atoms with van der Waals surface area (Å²) in [6.45, 7) is 4.44. The van der Waals surface area contributed by atoms with Gasteiger partial charge in [-0.3, -0.25) is 0 Å². The Kier molecular flexibility index (Phi) is 2.36. The quantitative estimate of drug-likeness (QED) is 0.759. The van der Waals surface area contributed by atoms with E-state index in [1.807, 2.05) is 6.07 Å². The third-order valence-corrected chi connectivity index (χ3v) is 3.83. The van der Waals surface area contributed by atoms with Gasteiger partial charge in [-0.15, -0.1) is 0 Å². The van der Waals surface area contributed by atoms with E-state index in [1.54, 1.807) is 0 Å². The summed E-state index contributed by atoms with van der Waals surface area (Å²) in [7, 11) is 0. The summed E-state index contributed by atoms with van der Waals surface area (Å²) in [5, 5.41) is 9.98. The fraction of sp³-hybridized carbons (Fsp3) is 0.538. The van der Waals surface area contributed by atoms with E-state index in [2.05, 4.69) is 32.0 Å². The second-order valence-corrected chi connectivity index (χ2v) is 4.29. The second kappa shape index (κ2) is 3.39. The highest BCUT2D eigenvalue weighted by atomic mass is 16.3. The van der Waals surface area contributed by atoms with Gasteiger partial charge >= 0.3 is 0 Å². The van der Waals surface area contributed by atoms with Crippen molar-refractivity contribution in [1.29, 1.82) is 0 Å². The van der Waals surface area contributed by atoms with Crippen molar-refractivity contribution in [3.8, 4) is 0 Å². The van der Waals surface area contributed by atoms with E-state index in [1.165, 1.54) is 5.56 Å². The zero-order chi connectivity index (χ0) is 10.2. The molecule has 1 aromatic carbocycles. The number of aliphatic hydroxyl groups is 1. The molecule has 14 heavy (non-hydrogen) atoms. The molecule has 0 heterocycles. The van der Waals surface area contributed by atoms with Crippen LogP contribution >= 0.6 is 0 Å². The van der Waals surface area contributed by atoms with E-state index >= 15 is 0 Å². The van der Waals surface area contributed by atoms with Crippen LogP contribution in [0.3, 0.4) is 0 Å². The molecule has 1 N–H and O–H groups in total. The summed E-state index contributed by atoms with van der Waals surface area (Å²) >= 11 is 0. The Morgan fingerprint density at radius 2 is 1.93 bits per heavy atom. The highest BCUT2D eigenvalue weighted by molar-refractivity contribution is 5.41. The molecule has 1 heteroatoms. The van der Waals surface area contributed by atoms with E-state index in [4.69, 9.17) is 0 Å². The molecule has 0 aromatic heterocycles. The summed E-state index contributed by atoms with van der Waals surface area (Å²) in [5.74, 6) is 0. The normalized spacial score (nSPS) is 23.5. The predicted octanol–water partition coefficient (Wildman–Crippen LogP) is 3.18. The van der Waals surface area contributed by atoms with Crippen LogP contribution in [-0.2, 0) is 5.41 Å². The van der Waals surface area contributed by atoms with Crippen molar-refractivity contribution >= 4 is 0 Å². The first kappa shape index (κ1) is 9.72. The van der Waals surface area contributed by atoms with Crippen LogP contribution in [-0.4, -0.2) is 5.11 Å². The van der Waals surface area contributed by atoms with Gasteiger partial charge in [0.25, 0.3) is 0 Å². The van der Waals surface area contributed by atoms with Crippen LogP contribution in [0.4, 0.5) is 0 Å². The molecule has 0 aliphatic heterocycles. The van der Waals surface area contributed by atoms with Crippen molar-refractivity contribution in [1.82, 2.24) is 0 Å². The monoisotopic (exact) mass is 190 g/mol. The molecule has 0 unspecified atom stereocenters. The van der Waals surface area contributed by atoms with E-state index in [-0.39, 0.29) is 11.5 Å². The molecule has 76 valence electrons. The lowest BCUT2D eigenvalue weighted by atomic mass is 9.77. The van der Waals surface area contributed by atoms with Gasteiger partial charge in [0.15, 0.2) is 0 Å². The first-order valence-electron chi connectivity index (χ1n) is 5.51. The van der Waals surface area contributed by atoms with Gasteiger partial charge in [0.2, 0.25) is 0 Å². The number of hydrogen-bond donors (Lipinski definition) is 1. The average Bonchev–Trinajstić information content (AvgIpc) is 2.53. The summed E-state index contributed by atoms with van der Waals surface area (Å²) in [4.78, 5) is 0. The molecular formula is C13H18O. The Balaban J connectivity index is 2.52. The lowest BCUT2D eigenvalue weighted by molar-refractivity contribution is 0.151. The fourth-order valence-electron chi connectivity index (χ4n) is 2.78.